The number of nitrogens with zero attached hydrogens (tertiary/aromatic N) is 1. The Balaban J connectivity index is 3.07. The molecule has 1 rings (SSSR count). The third kappa shape index (κ3) is 1.68. The second kappa shape index (κ2) is 2.98. The van der Waals surface area contributed by atoms with Crippen LogP contribution in [0.15, 0.2) is 18.2 Å². The molecule has 3 heteroatoms. The molecule has 10 heavy (non-hydrogen) atoms. The number of hydrogen-bond acceptors (Lipinski definition) is 2. The van der Waals surface area contributed by atoms with Crippen molar-refractivity contribution in [3.63, 3.8) is 0 Å². The van der Waals surface area contributed by atoms with Crippen LogP contribution in [0.1, 0.15) is 5.69 Å². The highest BCUT2D eigenvalue weighted by Gasteiger charge is 1.95. The first-order valence-electron chi connectivity index (χ1n) is 3.15. The van der Waals surface area contributed by atoms with Crippen LogP contribution in [-0.4, -0.2) is 11.6 Å². The van der Waals surface area contributed by atoms with Crippen LogP contribution in [0.3, 0.4) is 0 Å². The molecule has 54 valence electrons. The maximum Gasteiger partial charge on any atom is 0.118 e. The fourth-order valence-corrected chi connectivity index (χ4v) is 1.40. The molecule has 0 saturated heterocycles. The largest absolute Gasteiger partial charge is 0.321 e. The smallest absolute Gasteiger partial charge is 0.118 e. The van der Waals surface area contributed by atoms with E-state index in [1.165, 1.54) is 0 Å². The molecule has 2 nitrogen and oxygen atoms in total. The average Bonchev–Trinajstić information content (AvgIpc) is 1.88. The minimum absolute atomic E-state index is 0.727. The Morgan fingerprint density at radius 2 is 2.20 bits per heavy atom. The van der Waals surface area contributed by atoms with Crippen LogP contribution in [0, 0.1) is 6.92 Å². The SMILES string of the molecule is Cc1cccc([PH](C)=O)n1. The number of pyridine rings is 1. The molecular formula is C7H10NOP. The summed E-state index contributed by atoms with van der Waals surface area (Å²) in [5.41, 5.74) is 1.66. The highest BCUT2D eigenvalue weighted by molar-refractivity contribution is 7.52. The van der Waals surface area contributed by atoms with Gasteiger partial charge in [0, 0.05) is 5.69 Å². The van der Waals surface area contributed by atoms with Gasteiger partial charge < -0.3 is 4.57 Å². The molecule has 0 aliphatic heterocycles. The maximum absolute atomic E-state index is 10.9. The highest BCUT2D eigenvalue weighted by Crippen LogP contribution is 2.10. The van der Waals surface area contributed by atoms with Crippen LogP contribution in [0.5, 0.6) is 0 Å². The van der Waals surface area contributed by atoms with Crippen LogP contribution in [0.2, 0.25) is 0 Å². The van der Waals surface area contributed by atoms with E-state index in [0.29, 0.717) is 0 Å². The van der Waals surface area contributed by atoms with E-state index in [2.05, 4.69) is 4.98 Å². The molecule has 1 aromatic heterocycles. The summed E-state index contributed by atoms with van der Waals surface area (Å²) in [6, 6.07) is 5.58. The summed E-state index contributed by atoms with van der Waals surface area (Å²) in [5.74, 6) is 0. The first-order chi connectivity index (χ1) is 4.70. The third-order valence-electron chi connectivity index (χ3n) is 1.25. The van der Waals surface area contributed by atoms with Crippen molar-refractivity contribution < 1.29 is 4.57 Å². The molecule has 1 aromatic rings. The van der Waals surface area contributed by atoms with Crippen LogP contribution in [0.25, 0.3) is 0 Å². The van der Waals surface area contributed by atoms with Crippen molar-refractivity contribution in [1.29, 1.82) is 0 Å². The molecular weight excluding hydrogens is 145 g/mol. The van der Waals surface area contributed by atoms with Crippen molar-refractivity contribution in [2.45, 2.75) is 6.92 Å². The van der Waals surface area contributed by atoms with Gasteiger partial charge in [-0.05, 0) is 25.7 Å². The van der Waals surface area contributed by atoms with E-state index in [4.69, 9.17) is 0 Å². The molecule has 0 radical (unpaired) electrons. The zero-order valence-corrected chi connectivity index (χ0v) is 7.09. The maximum atomic E-state index is 10.9. The predicted octanol–water partition coefficient (Wildman–Crippen LogP) is 1.20. The minimum Gasteiger partial charge on any atom is -0.321 e. The van der Waals surface area contributed by atoms with Crippen LogP contribution in [-0.2, 0) is 4.57 Å². The van der Waals surface area contributed by atoms with Crippen molar-refractivity contribution in [3.05, 3.63) is 23.9 Å². The van der Waals surface area contributed by atoms with Gasteiger partial charge in [-0.3, -0.25) is 4.98 Å². The number of hydrogen-bond donors (Lipinski definition) is 0. The van der Waals surface area contributed by atoms with Crippen LogP contribution in [0.4, 0.5) is 0 Å². The second-order valence-corrected chi connectivity index (χ2v) is 3.85. The van der Waals surface area contributed by atoms with Gasteiger partial charge in [0.05, 0.1) is 5.44 Å². The monoisotopic (exact) mass is 155 g/mol. The summed E-state index contributed by atoms with van der Waals surface area (Å²) < 4.78 is 10.9. The lowest BCUT2D eigenvalue weighted by molar-refractivity contribution is 0.595. The Kier molecular flexibility index (Phi) is 2.23. The van der Waals surface area contributed by atoms with Crippen molar-refractivity contribution in [1.82, 2.24) is 4.98 Å². The fraction of sp³-hybridized carbons (Fsp3) is 0.286. The molecule has 0 fully saturated rings. The summed E-state index contributed by atoms with van der Waals surface area (Å²) >= 11 is 0. The van der Waals surface area contributed by atoms with Gasteiger partial charge >= 0.3 is 0 Å². The predicted molar refractivity (Wildman–Crippen MR) is 43.5 cm³/mol. The Morgan fingerprint density at radius 1 is 1.50 bits per heavy atom. The minimum atomic E-state index is -1.60. The first kappa shape index (κ1) is 7.49. The molecule has 0 spiro atoms. The van der Waals surface area contributed by atoms with E-state index < -0.39 is 7.80 Å². The molecule has 0 aliphatic carbocycles. The first-order valence-corrected chi connectivity index (χ1v) is 5.05. The molecule has 1 atom stereocenters. The van der Waals surface area contributed by atoms with E-state index >= 15 is 0 Å². The lowest BCUT2D eigenvalue weighted by Gasteiger charge is -1.95. The quantitative estimate of drug-likeness (QED) is 0.570. The van der Waals surface area contributed by atoms with E-state index in [1.807, 2.05) is 19.1 Å². The molecule has 0 bridgehead atoms. The molecule has 1 unspecified atom stereocenters. The lowest BCUT2D eigenvalue weighted by Crippen LogP contribution is -2.01. The standard InChI is InChI=1S/C7H10NOP/c1-6-4-3-5-7(8-6)10(2)9/h3-5,10H,1-2H3. The van der Waals surface area contributed by atoms with E-state index in [1.54, 1.807) is 12.7 Å². The van der Waals surface area contributed by atoms with Crippen molar-refractivity contribution >= 4 is 13.2 Å². The van der Waals surface area contributed by atoms with Gasteiger partial charge in [0.15, 0.2) is 0 Å². The van der Waals surface area contributed by atoms with Crippen molar-refractivity contribution in [2.75, 3.05) is 6.66 Å². The van der Waals surface area contributed by atoms with E-state index in [0.717, 1.165) is 11.1 Å². The number of rotatable bonds is 1. The summed E-state index contributed by atoms with van der Waals surface area (Å²) in [4.78, 5) is 4.11. The molecule has 0 amide bonds. The van der Waals surface area contributed by atoms with Crippen molar-refractivity contribution in [3.8, 4) is 0 Å². The van der Waals surface area contributed by atoms with Gasteiger partial charge in [-0.1, -0.05) is 6.07 Å². The Hall–Kier alpha value is -0.620. The normalized spacial score (nSPS) is 13.0. The third-order valence-corrected chi connectivity index (χ3v) is 2.25. The average molecular weight is 155 g/mol. The molecule has 0 aromatic carbocycles. The summed E-state index contributed by atoms with van der Waals surface area (Å²) in [7, 11) is -1.60. The summed E-state index contributed by atoms with van der Waals surface area (Å²) in [6.07, 6.45) is 0. The number of aryl methyl sites for hydroxylation is 1. The molecule has 0 aliphatic rings. The van der Waals surface area contributed by atoms with Crippen molar-refractivity contribution in [2.24, 2.45) is 0 Å². The van der Waals surface area contributed by atoms with E-state index in [-0.39, 0.29) is 0 Å². The van der Waals surface area contributed by atoms with Gasteiger partial charge in [-0.2, -0.15) is 0 Å². The molecule has 0 saturated carbocycles. The Morgan fingerprint density at radius 3 is 2.60 bits per heavy atom. The topological polar surface area (TPSA) is 30.0 Å². The van der Waals surface area contributed by atoms with Crippen LogP contribution < -0.4 is 5.44 Å². The van der Waals surface area contributed by atoms with Gasteiger partial charge in [0.2, 0.25) is 0 Å². The van der Waals surface area contributed by atoms with Gasteiger partial charge in [-0.15, -0.1) is 0 Å². The second-order valence-electron chi connectivity index (χ2n) is 2.22. The highest BCUT2D eigenvalue weighted by atomic mass is 31.1. The van der Waals surface area contributed by atoms with Crippen LogP contribution >= 0.6 is 7.80 Å². The lowest BCUT2D eigenvalue weighted by atomic mass is 10.4. The zero-order chi connectivity index (χ0) is 7.56. The van der Waals surface area contributed by atoms with Gasteiger partial charge in [-0.25, -0.2) is 0 Å². The molecule has 1 heterocycles. The van der Waals surface area contributed by atoms with E-state index in [9.17, 15) is 4.57 Å². The van der Waals surface area contributed by atoms with Gasteiger partial charge in [0.25, 0.3) is 0 Å². The summed E-state index contributed by atoms with van der Waals surface area (Å²) in [6.45, 7) is 3.60. The van der Waals surface area contributed by atoms with Gasteiger partial charge in [0.1, 0.15) is 7.80 Å². The zero-order valence-electron chi connectivity index (χ0n) is 6.09. The fourth-order valence-electron chi connectivity index (χ4n) is 0.739. The summed E-state index contributed by atoms with van der Waals surface area (Å²) in [5, 5.41) is 0. The Bertz CT molecular complexity index is 260. The molecule has 0 N–H and O–H groups in total. The number of aromatic nitrogens is 1. The Labute approximate surface area is 61.1 Å².